The summed E-state index contributed by atoms with van der Waals surface area (Å²) >= 11 is 0. The Morgan fingerprint density at radius 3 is 2.20 bits per heavy atom. The summed E-state index contributed by atoms with van der Waals surface area (Å²) in [5, 5.41) is 0. The van der Waals surface area contributed by atoms with Crippen LogP contribution in [0.2, 0.25) is 0 Å². The summed E-state index contributed by atoms with van der Waals surface area (Å²) < 4.78 is 11.1. The van der Waals surface area contributed by atoms with Gasteiger partial charge in [-0.15, -0.1) is 0 Å². The molecule has 0 amide bonds. The van der Waals surface area contributed by atoms with Gasteiger partial charge < -0.3 is 9.47 Å². The average molecular weight is 332 g/mol. The number of carbonyl (C=O) groups is 1. The molecule has 0 saturated heterocycles. The van der Waals surface area contributed by atoms with Crippen molar-refractivity contribution < 1.29 is 14.3 Å². The second-order valence-electron chi connectivity index (χ2n) is 6.00. The summed E-state index contributed by atoms with van der Waals surface area (Å²) in [5.41, 5.74) is 3.76. The van der Waals surface area contributed by atoms with Crippen molar-refractivity contribution in [3.8, 4) is 11.5 Å². The first-order valence-corrected chi connectivity index (χ1v) is 8.17. The Hall–Kier alpha value is -3.07. The monoisotopic (exact) mass is 332 g/mol. The Kier molecular flexibility index (Phi) is 5.14. The third-order valence-electron chi connectivity index (χ3n) is 3.82. The minimum Gasteiger partial charge on any atom is -0.489 e. The molecule has 0 aliphatic rings. The van der Waals surface area contributed by atoms with E-state index in [4.69, 9.17) is 9.47 Å². The Labute approximate surface area is 147 Å². The van der Waals surface area contributed by atoms with E-state index in [1.165, 1.54) is 5.56 Å². The first-order chi connectivity index (χ1) is 12.1. The maximum Gasteiger partial charge on any atom is 0.343 e. The van der Waals surface area contributed by atoms with Crippen molar-refractivity contribution in [3.05, 3.63) is 95.1 Å². The van der Waals surface area contributed by atoms with Gasteiger partial charge in [-0.05, 0) is 61.4 Å². The van der Waals surface area contributed by atoms with Crippen molar-refractivity contribution in [2.45, 2.75) is 20.5 Å². The van der Waals surface area contributed by atoms with E-state index >= 15 is 0 Å². The molecule has 0 radical (unpaired) electrons. The highest BCUT2D eigenvalue weighted by Crippen LogP contribution is 2.16. The lowest BCUT2D eigenvalue weighted by atomic mass is 10.1. The van der Waals surface area contributed by atoms with E-state index in [1.54, 1.807) is 18.2 Å². The van der Waals surface area contributed by atoms with Crippen LogP contribution in [0.5, 0.6) is 11.5 Å². The Morgan fingerprint density at radius 2 is 1.52 bits per heavy atom. The second kappa shape index (κ2) is 7.67. The summed E-state index contributed by atoms with van der Waals surface area (Å²) in [6.07, 6.45) is 0. The first kappa shape index (κ1) is 16.8. The van der Waals surface area contributed by atoms with E-state index in [2.05, 4.69) is 0 Å². The molecule has 0 atom stereocenters. The van der Waals surface area contributed by atoms with E-state index in [1.807, 2.05) is 68.4 Å². The molecule has 0 N–H and O–H groups in total. The van der Waals surface area contributed by atoms with Gasteiger partial charge in [0.15, 0.2) is 0 Å². The SMILES string of the molecule is Cc1ccc(OCc2ccc(C(=O)Oc3cccc(C)c3)cc2)cc1. The number of hydrogen-bond acceptors (Lipinski definition) is 3. The lowest BCUT2D eigenvalue weighted by Crippen LogP contribution is -2.08. The molecule has 126 valence electrons. The van der Waals surface area contributed by atoms with Gasteiger partial charge in [0.05, 0.1) is 5.56 Å². The van der Waals surface area contributed by atoms with Crippen LogP contribution in [-0.2, 0) is 6.61 Å². The smallest absolute Gasteiger partial charge is 0.343 e. The number of aryl methyl sites for hydroxylation is 2. The molecule has 0 aliphatic heterocycles. The fourth-order valence-electron chi connectivity index (χ4n) is 2.38. The van der Waals surface area contributed by atoms with Gasteiger partial charge in [0.1, 0.15) is 18.1 Å². The highest BCUT2D eigenvalue weighted by atomic mass is 16.5. The molecule has 3 nitrogen and oxygen atoms in total. The highest BCUT2D eigenvalue weighted by Gasteiger charge is 2.08. The van der Waals surface area contributed by atoms with Crippen molar-refractivity contribution in [2.24, 2.45) is 0 Å². The van der Waals surface area contributed by atoms with Crippen molar-refractivity contribution in [1.82, 2.24) is 0 Å². The molecule has 0 fully saturated rings. The number of ether oxygens (including phenoxy) is 2. The molecular weight excluding hydrogens is 312 g/mol. The van der Waals surface area contributed by atoms with Crippen LogP contribution in [-0.4, -0.2) is 5.97 Å². The number of hydrogen-bond donors (Lipinski definition) is 0. The maximum atomic E-state index is 12.2. The van der Waals surface area contributed by atoms with Crippen LogP contribution in [0.25, 0.3) is 0 Å². The third kappa shape index (κ3) is 4.70. The van der Waals surface area contributed by atoms with Gasteiger partial charge in [0.2, 0.25) is 0 Å². The number of carbonyl (C=O) groups excluding carboxylic acids is 1. The largest absolute Gasteiger partial charge is 0.489 e. The van der Waals surface area contributed by atoms with Crippen LogP contribution < -0.4 is 9.47 Å². The van der Waals surface area contributed by atoms with Gasteiger partial charge in [-0.3, -0.25) is 0 Å². The van der Waals surface area contributed by atoms with Gasteiger partial charge in [-0.2, -0.15) is 0 Å². The normalized spacial score (nSPS) is 10.3. The van der Waals surface area contributed by atoms with Crippen molar-refractivity contribution in [3.63, 3.8) is 0 Å². The van der Waals surface area contributed by atoms with Gasteiger partial charge >= 0.3 is 5.97 Å². The van der Waals surface area contributed by atoms with Gasteiger partial charge in [-0.25, -0.2) is 4.79 Å². The molecule has 0 heterocycles. The summed E-state index contributed by atoms with van der Waals surface area (Å²) in [5.74, 6) is 1.02. The van der Waals surface area contributed by atoms with Crippen LogP contribution >= 0.6 is 0 Å². The molecule has 0 saturated carbocycles. The lowest BCUT2D eigenvalue weighted by Gasteiger charge is -2.08. The van der Waals surface area contributed by atoms with Crippen LogP contribution in [0.3, 0.4) is 0 Å². The molecule has 0 bridgehead atoms. The van der Waals surface area contributed by atoms with Crippen molar-refractivity contribution in [1.29, 1.82) is 0 Å². The molecule has 0 spiro atoms. The van der Waals surface area contributed by atoms with Crippen molar-refractivity contribution >= 4 is 5.97 Å². The first-order valence-electron chi connectivity index (χ1n) is 8.17. The molecule has 3 rings (SSSR count). The quantitative estimate of drug-likeness (QED) is 0.481. The topological polar surface area (TPSA) is 35.5 Å². The fourth-order valence-corrected chi connectivity index (χ4v) is 2.38. The van der Waals surface area contributed by atoms with Crippen molar-refractivity contribution in [2.75, 3.05) is 0 Å². The zero-order valence-electron chi connectivity index (χ0n) is 14.4. The van der Waals surface area contributed by atoms with E-state index in [9.17, 15) is 4.79 Å². The van der Waals surface area contributed by atoms with E-state index in [-0.39, 0.29) is 5.97 Å². The molecular formula is C22H20O3. The Morgan fingerprint density at radius 1 is 0.800 bits per heavy atom. The van der Waals surface area contributed by atoms with Gasteiger partial charge in [-0.1, -0.05) is 42.0 Å². The predicted octanol–water partition coefficient (Wildman–Crippen LogP) is 5.10. The summed E-state index contributed by atoms with van der Waals surface area (Å²) in [6, 6.07) is 22.6. The van der Waals surface area contributed by atoms with Crippen LogP contribution in [0, 0.1) is 13.8 Å². The van der Waals surface area contributed by atoms with Crippen LogP contribution in [0.4, 0.5) is 0 Å². The minimum atomic E-state index is -0.364. The average Bonchev–Trinajstić information content (AvgIpc) is 2.62. The highest BCUT2D eigenvalue weighted by molar-refractivity contribution is 5.91. The van der Waals surface area contributed by atoms with Gasteiger partial charge in [0, 0.05) is 0 Å². The van der Waals surface area contributed by atoms with E-state index in [0.29, 0.717) is 17.9 Å². The molecule has 3 aromatic rings. The maximum absolute atomic E-state index is 12.2. The number of esters is 1. The second-order valence-corrected chi connectivity index (χ2v) is 6.00. The number of benzene rings is 3. The molecule has 0 aromatic heterocycles. The number of rotatable bonds is 5. The van der Waals surface area contributed by atoms with E-state index < -0.39 is 0 Å². The Balaban J connectivity index is 1.59. The molecule has 0 unspecified atom stereocenters. The third-order valence-corrected chi connectivity index (χ3v) is 3.82. The lowest BCUT2D eigenvalue weighted by molar-refractivity contribution is 0.0734. The molecule has 3 aromatic carbocycles. The molecule has 0 aliphatic carbocycles. The molecule has 25 heavy (non-hydrogen) atoms. The Bertz CT molecular complexity index is 849. The zero-order chi connectivity index (χ0) is 17.6. The van der Waals surface area contributed by atoms with E-state index in [0.717, 1.165) is 16.9 Å². The van der Waals surface area contributed by atoms with Gasteiger partial charge in [0.25, 0.3) is 0 Å². The fraction of sp³-hybridized carbons (Fsp3) is 0.136. The van der Waals surface area contributed by atoms with Crippen LogP contribution in [0.1, 0.15) is 27.0 Å². The molecule has 3 heteroatoms. The zero-order valence-corrected chi connectivity index (χ0v) is 14.4. The minimum absolute atomic E-state index is 0.364. The summed E-state index contributed by atoms with van der Waals surface area (Å²) in [4.78, 5) is 12.2. The predicted molar refractivity (Wildman–Crippen MR) is 98.1 cm³/mol. The van der Waals surface area contributed by atoms with Crippen LogP contribution in [0.15, 0.2) is 72.8 Å². The standard InChI is InChI=1S/C22H20O3/c1-16-6-12-20(13-7-16)24-15-18-8-10-19(11-9-18)22(23)25-21-5-3-4-17(2)14-21/h3-14H,15H2,1-2H3. The summed E-state index contributed by atoms with van der Waals surface area (Å²) in [6.45, 7) is 4.45. The summed E-state index contributed by atoms with van der Waals surface area (Å²) in [7, 11) is 0.